The normalized spacial score (nSPS) is 21.7. The van der Waals surface area contributed by atoms with Crippen LogP contribution in [0.25, 0.3) is 0 Å². The van der Waals surface area contributed by atoms with Gasteiger partial charge in [-0.25, -0.2) is 16.0 Å². The molecule has 0 aromatic heterocycles. The highest BCUT2D eigenvalue weighted by Gasteiger charge is 2.27. The molecule has 2 aliphatic rings. The van der Waals surface area contributed by atoms with Gasteiger partial charge in [0.2, 0.25) is 0 Å². The molecule has 64 valence electrons. The molecule has 6 heteroatoms. The van der Waals surface area contributed by atoms with Gasteiger partial charge in [0, 0.05) is 11.8 Å². The maximum Gasteiger partial charge on any atom is 0.269 e. The zero-order valence-corrected chi connectivity index (χ0v) is 6.53. The SMILES string of the molecule is CC1=CC(=O)N2NN(N)C=C2N1. The molecule has 0 saturated carbocycles. The Morgan fingerprint density at radius 3 is 3.08 bits per heavy atom. The van der Waals surface area contributed by atoms with Crippen molar-refractivity contribution in [1.82, 2.24) is 21.0 Å². The van der Waals surface area contributed by atoms with Gasteiger partial charge in [-0.2, -0.15) is 0 Å². The number of allylic oxidation sites excluding steroid dienone is 1. The summed E-state index contributed by atoms with van der Waals surface area (Å²) < 4.78 is 0. The Hall–Kier alpha value is -1.53. The maximum absolute atomic E-state index is 11.3. The lowest BCUT2D eigenvalue weighted by Gasteiger charge is -2.23. The molecule has 2 aliphatic heterocycles. The van der Waals surface area contributed by atoms with E-state index in [-0.39, 0.29) is 5.91 Å². The second-order valence-electron chi connectivity index (χ2n) is 2.65. The third kappa shape index (κ3) is 0.936. The highest BCUT2D eigenvalue weighted by molar-refractivity contribution is 5.90. The molecule has 0 radical (unpaired) electrons. The Labute approximate surface area is 69.2 Å². The molecule has 6 nitrogen and oxygen atoms in total. The van der Waals surface area contributed by atoms with E-state index in [0.717, 1.165) is 5.70 Å². The Morgan fingerprint density at radius 2 is 2.33 bits per heavy atom. The van der Waals surface area contributed by atoms with Crippen LogP contribution in [0, 0.1) is 0 Å². The second kappa shape index (κ2) is 2.23. The van der Waals surface area contributed by atoms with Crippen molar-refractivity contribution in [3.8, 4) is 0 Å². The standard InChI is InChI=1S/C6H9N5O/c1-4-2-6(12)11-5(8-4)3-10(7)9-11/h2-3,8-9H,7H2,1H3. The minimum Gasteiger partial charge on any atom is -0.343 e. The van der Waals surface area contributed by atoms with Gasteiger partial charge in [-0.1, -0.05) is 0 Å². The van der Waals surface area contributed by atoms with Crippen LogP contribution < -0.4 is 16.7 Å². The molecule has 0 atom stereocenters. The first-order valence-corrected chi connectivity index (χ1v) is 3.48. The molecule has 0 aliphatic carbocycles. The minimum atomic E-state index is -0.134. The quantitative estimate of drug-likeness (QED) is 0.392. The average molecular weight is 167 g/mol. The van der Waals surface area contributed by atoms with Gasteiger partial charge in [-0.3, -0.25) is 4.79 Å². The van der Waals surface area contributed by atoms with E-state index in [4.69, 9.17) is 5.84 Å². The lowest BCUT2D eigenvalue weighted by Crippen LogP contribution is -2.49. The Kier molecular flexibility index (Phi) is 1.32. The van der Waals surface area contributed by atoms with Crippen molar-refractivity contribution in [2.75, 3.05) is 0 Å². The Morgan fingerprint density at radius 1 is 1.58 bits per heavy atom. The van der Waals surface area contributed by atoms with Crippen molar-refractivity contribution in [2.45, 2.75) is 6.92 Å². The van der Waals surface area contributed by atoms with E-state index in [0.29, 0.717) is 5.82 Å². The maximum atomic E-state index is 11.3. The van der Waals surface area contributed by atoms with Crippen LogP contribution in [-0.4, -0.2) is 16.0 Å². The Balaban J connectivity index is 2.31. The summed E-state index contributed by atoms with van der Waals surface area (Å²) in [7, 11) is 0. The fourth-order valence-electron chi connectivity index (χ4n) is 1.13. The average Bonchev–Trinajstić information content (AvgIpc) is 2.29. The summed E-state index contributed by atoms with van der Waals surface area (Å²) >= 11 is 0. The van der Waals surface area contributed by atoms with E-state index in [1.54, 1.807) is 6.20 Å². The number of nitrogens with one attached hydrogen (secondary N) is 2. The van der Waals surface area contributed by atoms with Gasteiger partial charge < -0.3 is 5.32 Å². The summed E-state index contributed by atoms with van der Waals surface area (Å²) in [5.41, 5.74) is 3.43. The molecular weight excluding hydrogens is 158 g/mol. The largest absolute Gasteiger partial charge is 0.343 e. The van der Waals surface area contributed by atoms with E-state index < -0.39 is 0 Å². The highest BCUT2D eigenvalue weighted by atomic mass is 16.2. The minimum absolute atomic E-state index is 0.134. The molecular formula is C6H9N5O. The van der Waals surface area contributed by atoms with Gasteiger partial charge >= 0.3 is 0 Å². The van der Waals surface area contributed by atoms with Crippen LogP contribution in [0.15, 0.2) is 23.8 Å². The molecule has 0 fully saturated rings. The molecule has 0 spiro atoms. The summed E-state index contributed by atoms with van der Waals surface area (Å²) in [5.74, 6) is 5.90. The van der Waals surface area contributed by atoms with E-state index in [1.807, 2.05) is 6.92 Å². The van der Waals surface area contributed by atoms with Gasteiger partial charge in [0.1, 0.15) is 5.82 Å². The van der Waals surface area contributed by atoms with Crippen LogP contribution >= 0.6 is 0 Å². The lowest BCUT2D eigenvalue weighted by molar-refractivity contribution is -0.129. The highest BCUT2D eigenvalue weighted by Crippen LogP contribution is 2.13. The van der Waals surface area contributed by atoms with Crippen LogP contribution in [0.1, 0.15) is 6.92 Å². The van der Waals surface area contributed by atoms with Crippen LogP contribution in [0.3, 0.4) is 0 Å². The van der Waals surface area contributed by atoms with Crippen LogP contribution in [0.4, 0.5) is 0 Å². The van der Waals surface area contributed by atoms with Gasteiger partial charge in [-0.05, 0) is 6.92 Å². The lowest BCUT2D eigenvalue weighted by atomic mass is 10.3. The smallest absolute Gasteiger partial charge is 0.269 e. The number of hydrazine groups is 3. The fourth-order valence-corrected chi connectivity index (χ4v) is 1.13. The molecule has 12 heavy (non-hydrogen) atoms. The van der Waals surface area contributed by atoms with Crippen LogP contribution in [-0.2, 0) is 4.79 Å². The monoisotopic (exact) mass is 167 g/mol. The molecule has 0 bridgehead atoms. The summed E-state index contributed by atoms with van der Waals surface area (Å²) in [6.07, 6.45) is 3.08. The van der Waals surface area contributed by atoms with Crippen molar-refractivity contribution in [2.24, 2.45) is 5.84 Å². The first-order chi connectivity index (χ1) is 5.66. The number of nitrogens with zero attached hydrogens (tertiary/aromatic N) is 2. The number of amides is 1. The summed E-state index contributed by atoms with van der Waals surface area (Å²) in [4.78, 5) is 11.3. The van der Waals surface area contributed by atoms with Gasteiger partial charge in [0.05, 0.1) is 6.20 Å². The van der Waals surface area contributed by atoms with Crippen molar-refractivity contribution in [3.63, 3.8) is 0 Å². The molecule has 1 amide bonds. The molecule has 0 aromatic rings. The van der Waals surface area contributed by atoms with Crippen molar-refractivity contribution >= 4 is 5.91 Å². The van der Waals surface area contributed by atoms with Crippen molar-refractivity contribution in [1.29, 1.82) is 0 Å². The summed E-state index contributed by atoms with van der Waals surface area (Å²) in [6.45, 7) is 1.81. The van der Waals surface area contributed by atoms with Gasteiger partial charge in [0.15, 0.2) is 0 Å². The molecule has 4 N–H and O–H groups in total. The number of hydrogen-bond donors (Lipinski definition) is 3. The number of hydrogen-bond acceptors (Lipinski definition) is 5. The number of nitrogens with two attached hydrogens (primary N) is 1. The van der Waals surface area contributed by atoms with Gasteiger partial charge in [-0.15, -0.1) is 5.53 Å². The van der Waals surface area contributed by atoms with E-state index in [9.17, 15) is 4.79 Å². The Bertz CT molecular complexity index is 294. The third-order valence-electron chi connectivity index (χ3n) is 1.60. The first kappa shape index (κ1) is 7.14. The van der Waals surface area contributed by atoms with E-state index in [1.165, 1.54) is 16.2 Å². The summed E-state index contributed by atoms with van der Waals surface area (Å²) in [6, 6.07) is 0. The topological polar surface area (TPSA) is 73.6 Å². The third-order valence-corrected chi connectivity index (χ3v) is 1.60. The number of rotatable bonds is 0. The number of carbonyl (C=O) groups is 1. The molecule has 2 rings (SSSR count). The van der Waals surface area contributed by atoms with Crippen molar-refractivity contribution in [3.05, 3.63) is 23.8 Å². The number of carbonyl (C=O) groups excluding carboxylic acids is 1. The fraction of sp³-hybridized carbons (Fsp3) is 0.167. The second-order valence-corrected chi connectivity index (χ2v) is 2.65. The van der Waals surface area contributed by atoms with Crippen LogP contribution in [0.5, 0.6) is 0 Å². The van der Waals surface area contributed by atoms with Crippen molar-refractivity contribution < 1.29 is 4.79 Å². The molecule has 0 unspecified atom stereocenters. The molecule has 0 aromatic carbocycles. The van der Waals surface area contributed by atoms with Gasteiger partial charge in [0.25, 0.3) is 5.91 Å². The predicted molar refractivity (Wildman–Crippen MR) is 41.0 cm³/mol. The van der Waals surface area contributed by atoms with E-state index in [2.05, 4.69) is 10.9 Å². The first-order valence-electron chi connectivity index (χ1n) is 3.48. The summed E-state index contributed by atoms with van der Waals surface area (Å²) in [5, 5.41) is 5.52. The zero-order valence-electron chi connectivity index (χ0n) is 6.53. The number of fused-ring (bicyclic) bond motifs is 1. The van der Waals surface area contributed by atoms with Crippen LogP contribution in [0.2, 0.25) is 0 Å². The molecule has 2 heterocycles. The predicted octanol–water partition coefficient (Wildman–Crippen LogP) is -1.27. The zero-order chi connectivity index (χ0) is 8.72. The molecule has 0 saturated heterocycles. The van der Waals surface area contributed by atoms with E-state index >= 15 is 0 Å².